The number of hydrogen-bond donors (Lipinski definition) is 2. The average Bonchev–Trinajstić information content (AvgIpc) is 2.29. The van der Waals surface area contributed by atoms with Gasteiger partial charge < -0.3 is 5.32 Å². The molecule has 0 heterocycles. The first-order valence-corrected chi connectivity index (χ1v) is 8.54. The van der Waals surface area contributed by atoms with E-state index >= 15 is 0 Å². The van der Waals surface area contributed by atoms with Crippen LogP contribution < -0.4 is 10.0 Å². The molecule has 4 nitrogen and oxygen atoms in total. The van der Waals surface area contributed by atoms with Crippen molar-refractivity contribution in [2.75, 3.05) is 17.8 Å². The van der Waals surface area contributed by atoms with Crippen LogP contribution in [0, 0.1) is 3.57 Å². The van der Waals surface area contributed by atoms with Crippen LogP contribution in [0.3, 0.4) is 0 Å². The molecule has 0 aliphatic rings. The Bertz CT molecular complexity index is 508. The summed E-state index contributed by atoms with van der Waals surface area (Å²) in [5.74, 6) is 0. The fourth-order valence-corrected chi connectivity index (χ4v) is 3.50. The summed E-state index contributed by atoms with van der Waals surface area (Å²) in [5, 5.41) is 3.11. The van der Waals surface area contributed by atoms with Crippen LogP contribution in [0.2, 0.25) is 5.02 Å². The summed E-state index contributed by atoms with van der Waals surface area (Å²) < 4.78 is 27.5. The van der Waals surface area contributed by atoms with Crippen LogP contribution in [-0.4, -0.2) is 26.8 Å². The van der Waals surface area contributed by atoms with Gasteiger partial charge in [-0.3, -0.25) is 4.72 Å². The molecule has 1 atom stereocenters. The molecule has 0 saturated carbocycles. The molecular weight excluding hydrogens is 387 g/mol. The molecule has 18 heavy (non-hydrogen) atoms. The highest BCUT2D eigenvalue weighted by molar-refractivity contribution is 14.1. The van der Waals surface area contributed by atoms with E-state index in [4.69, 9.17) is 11.6 Å². The highest BCUT2D eigenvalue weighted by Gasteiger charge is 2.20. The molecule has 1 unspecified atom stereocenters. The summed E-state index contributed by atoms with van der Waals surface area (Å²) >= 11 is 7.88. The second-order valence-electron chi connectivity index (χ2n) is 3.89. The molecule has 0 spiro atoms. The Morgan fingerprint density at radius 2 is 2.11 bits per heavy atom. The predicted octanol–water partition coefficient (Wildman–Crippen LogP) is 2.68. The third kappa shape index (κ3) is 4.56. The Balaban J connectivity index is 2.82. The van der Waals surface area contributed by atoms with Gasteiger partial charge in [0.15, 0.2) is 0 Å². The maximum absolute atomic E-state index is 12.1. The van der Waals surface area contributed by atoms with Crippen molar-refractivity contribution < 1.29 is 8.42 Å². The highest BCUT2D eigenvalue weighted by atomic mass is 127. The molecule has 1 aromatic carbocycles. The molecule has 102 valence electrons. The minimum Gasteiger partial charge on any atom is -0.316 e. The van der Waals surface area contributed by atoms with Gasteiger partial charge in [-0.2, -0.15) is 0 Å². The minimum absolute atomic E-state index is 0.427. The molecule has 0 saturated heterocycles. The Kier molecular flexibility index (Phi) is 6.16. The fraction of sp³-hybridized carbons (Fsp3) is 0.455. The van der Waals surface area contributed by atoms with E-state index in [9.17, 15) is 8.42 Å². The lowest BCUT2D eigenvalue weighted by atomic mass is 10.3. The van der Waals surface area contributed by atoms with Crippen LogP contribution >= 0.6 is 34.2 Å². The van der Waals surface area contributed by atoms with Gasteiger partial charge in [-0.15, -0.1) is 0 Å². The van der Waals surface area contributed by atoms with E-state index in [0.29, 0.717) is 17.3 Å². The van der Waals surface area contributed by atoms with Crippen molar-refractivity contribution >= 4 is 49.9 Å². The SMILES string of the molecule is CCNCC(C)S(=O)(=O)Nc1ccc(Cl)cc1I. The molecule has 1 aromatic rings. The third-order valence-corrected chi connectivity index (χ3v) is 5.25. The van der Waals surface area contributed by atoms with Gasteiger partial charge in [0.2, 0.25) is 10.0 Å². The number of nitrogens with one attached hydrogen (secondary N) is 2. The standard InChI is InChI=1S/C11H16ClIN2O2S/c1-3-14-7-8(2)18(16,17)15-11-5-4-9(12)6-10(11)13/h4-6,8,14-15H,3,7H2,1-2H3. The number of rotatable bonds is 6. The zero-order valence-electron chi connectivity index (χ0n) is 10.2. The molecule has 0 aromatic heterocycles. The lowest BCUT2D eigenvalue weighted by Gasteiger charge is -2.16. The van der Waals surface area contributed by atoms with Crippen molar-refractivity contribution in [3.8, 4) is 0 Å². The third-order valence-electron chi connectivity index (χ3n) is 2.39. The zero-order chi connectivity index (χ0) is 13.8. The first kappa shape index (κ1) is 16.0. The Morgan fingerprint density at radius 3 is 2.67 bits per heavy atom. The van der Waals surface area contributed by atoms with E-state index in [1.807, 2.05) is 6.92 Å². The number of halogens is 2. The monoisotopic (exact) mass is 402 g/mol. The maximum atomic E-state index is 12.1. The van der Waals surface area contributed by atoms with Gasteiger partial charge in [-0.05, 0) is 54.3 Å². The van der Waals surface area contributed by atoms with E-state index in [2.05, 4.69) is 32.6 Å². The minimum atomic E-state index is -3.38. The van der Waals surface area contributed by atoms with Crippen molar-refractivity contribution in [3.63, 3.8) is 0 Å². The first-order valence-electron chi connectivity index (χ1n) is 5.54. The molecule has 7 heteroatoms. The molecule has 0 amide bonds. The molecule has 0 aliphatic heterocycles. The van der Waals surface area contributed by atoms with Gasteiger partial charge in [0.1, 0.15) is 0 Å². The number of hydrogen-bond acceptors (Lipinski definition) is 3. The summed E-state index contributed by atoms with van der Waals surface area (Å²) in [5.41, 5.74) is 0.559. The molecular formula is C11H16ClIN2O2S. The molecule has 0 radical (unpaired) electrons. The molecule has 1 rings (SSSR count). The summed E-state index contributed by atoms with van der Waals surface area (Å²) in [6.07, 6.45) is 0. The topological polar surface area (TPSA) is 58.2 Å². The highest BCUT2D eigenvalue weighted by Crippen LogP contribution is 2.23. The summed E-state index contributed by atoms with van der Waals surface area (Å²) in [7, 11) is -3.38. The summed E-state index contributed by atoms with van der Waals surface area (Å²) in [6, 6.07) is 5.05. The molecule has 2 N–H and O–H groups in total. The molecule has 0 fully saturated rings. The fourth-order valence-electron chi connectivity index (χ4n) is 1.28. The quantitative estimate of drug-likeness (QED) is 0.719. The normalized spacial score (nSPS) is 13.3. The van der Waals surface area contributed by atoms with Gasteiger partial charge in [0, 0.05) is 15.1 Å². The van der Waals surface area contributed by atoms with Gasteiger partial charge in [0.05, 0.1) is 10.9 Å². The lowest BCUT2D eigenvalue weighted by molar-refractivity contribution is 0.579. The van der Waals surface area contributed by atoms with Crippen molar-refractivity contribution in [1.29, 1.82) is 0 Å². The number of benzene rings is 1. The zero-order valence-corrected chi connectivity index (χ0v) is 13.9. The van der Waals surface area contributed by atoms with Crippen LogP contribution in [0.25, 0.3) is 0 Å². The van der Waals surface area contributed by atoms with E-state index in [0.717, 1.165) is 10.1 Å². The Morgan fingerprint density at radius 1 is 1.44 bits per heavy atom. The van der Waals surface area contributed by atoms with Gasteiger partial charge in [-0.1, -0.05) is 18.5 Å². The largest absolute Gasteiger partial charge is 0.316 e. The van der Waals surface area contributed by atoms with Crippen molar-refractivity contribution in [1.82, 2.24) is 5.32 Å². The van der Waals surface area contributed by atoms with Gasteiger partial charge >= 0.3 is 0 Å². The van der Waals surface area contributed by atoms with Gasteiger partial charge in [0.25, 0.3) is 0 Å². The number of anilines is 1. The average molecular weight is 403 g/mol. The Hall–Kier alpha value is -0.0500. The maximum Gasteiger partial charge on any atom is 0.236 e. The van der Waals surface area contributed by atoms with E-state index < -0.39 is 15.3 Å². The lowest BCUT2D eigenvalue weighted by Crippen LogP contribution is -2.34. The van der Waals surface area contributed by atoms with Crippen LogP contribution in [0.5, 0.6) is 0 Å². The number of sulfonamides is 1. The second-order valence-corrected chi connectivity index (χ2v) is 7.59. The van der Waals surface area contributed by atoms with Crippen LogP contribution in [-0.2, 0) is 10.0 Å². The Labute approximate surface area is 127 Å². The predicted molar refractivity (Wildman–Crippen MR) is 84.7 cm³/mol. The molecule has 0 aliphatic carbocycles. The smallest absolute Gasteiger partial charge is 0.236 e. The van der Waals surface area contributed by atoms with E-state index in [1.54, 1.807) is 25.1 Å². The van der Waals surface area contributed by atoms with Crippen molar-refractivity contribution in [2.24, 2.45) is 0 Å². The van der Waals surface area contributed by atoms with E-state index in [-0.39, 0.29) is 0 Å². The van der Waals surface area contributed by atoms with Gasteiger partial charge in [-0.25, -0.2) is 8.42 Å². The van der Waals surface area contributed by atoms with Crippen molar-refractivity contribution in [3.05, 3.63) is 26.8 Å². The van der Waals surface area contributed by atoms with Crippen LogP contribution in [0.15, 0.2) is 18.2 Å². The molecule has 0 bridgehead atoms. The summed E-state index contributed by atoms with van der Waals surface area (Å²) in [6.45, 7) is 4.79. The van der Waals surface area contributed by atoms with Crippen molar-refractivity contribution in [2.45, 2.75) is 19.1 Å². The van der Waals surface area contributed by atoms with Crippen LogP contribution in [0.4, 0.5) is 5.69 Å². The first-order chi connectivity index (χ1) is 8.36. The van der Waals surface area contributed by atoms with Crippen LogP contribution in [0.1, 0.15) is 13.8 Å². The summed E-state index contributed by atoms with van der Waals surface area (Å²) in [4.78, 5) is 0. The van der Waals surface area contributed by atoms with E-state index in [1.165, 1.54) is 0 Å². The second kappa shape index (κ2) is 6.93.